The highest BCUT2D eigenvalue weighted by Crippen LogP contribution is 2.40. The van der Waals surface area contributed by atoms with E-state index in [1.165, 1.54) is 0 Å². The Morgan fingerprint density at radius 2 is 2.05 bits per heavy atom. The van der Waals surface area contributed by atoms with Crippen molar-refractivity contribution in [1.29, 1.82) is 0 Å². The van der Waals surface area contributed by atoms with Crippen LogP contribution in [0.4, 0.5) is 0 Å². The number of carbonyl (C=O) groups is 2. The van der Waals surface area contributed by atoms with Crippen LogP contribution in [0.1, 0.15) is 25.7 Å². The van der Waals surface area contributed by atoms with E-state index < -0.39 is 11.5 Å². The number of carbonyl (C=O) groups excluding carboxylic acids is 2. The molecular formula is C13H21N3O3S. The first-order chi connectivity index (χ1) is 9.53. The molecule has 1 saturated heterocycles. The van der Waals surface area contributed by atoms with E-state index in [9.17, 15) is 9.59 Å². The number of nitrogens with zero attached hydrogens (tertiary/aromatic N) is 1. The normalized spacial score (nSPS) is 25.2. The van der Waals surface area contributed by atoms with Crippen molar-refractivity contribution in [3.05, 3.63) is 0 Å². The molecule has 20 heavy (non-hydrogen) atoms. The lowest BCUT2D eigenvalue weighted by Gasteiger charge is -2.39. The molecule has 0 radical (unpaired) electrons. The molecule has 1 aliphatic carbocycles. The van der Waals surface area contributed by atoms with Crippen molar-refractivity contribution in [2.75, 3.05) is 26.8 Å². The maximum Gasteiger partial charge on any atom is 0.244 e. The summed E-state index contributed by atoms with van der Waals surface area (Å²) in [6, 6.07) is -0.590. The molecule has 1 saturated carbocycles. The molecule has 1 atom stereocenters. The molecular weight excluding hydrogens is 278 g/mol. The van der Waals surface area contributed by atoms with Crippen LogP contribution in [0.2, 0.25) is 0 Å². The number of hydrogen-bond donors (Lipinski definition) is 2. The molecule has 2 rings (SSSR count). The quantitative estimate of drug-likeness (QED) is 0.705. The lowest BCUT2D eigenvalue weighted by Crippen LogP contribution is -2.60. The highest BCUT2D eigenvalue weighted by atomic mass is 32.1. The summed E-state index contributed by atoms with van der Waals surface area (Å²) in [7, 11) is 1.55. The number of hydrogen-bond acceptors (Lipinski definition) is 4. The third kappa shape index (κ3) is 2.52. The first-order valence-electron chi connectivity index (χ1n) is 6.93. The van der Waals surface area contributed by atoms with Crippen molar-refractivity contribution >= 4 is 29.0 Å². The second-order valence-corrected chi connectivity index (χ2v) is 5.80. The molecule has 1 unspecified atom stereocenters. The van der Waals surface area contributed by atoms with Gasteiger partial charge in [0.1, 0.15) is 6.04 Å². The Morgan fingerprint density at radius 1 is 1.40 bits per heavy atom. The van der Waals surface area contributed by atoms with Crippen LogP contribution in [0.5, 0.6) is 0 Å². The maximum absolute atomic E-state index is 12.9. The van der Waals surface area contributed by atoms with Gasteiger partial charge in [-0.05, 0) is 12.8 Å². The predicted octanol–water partition coefficient (Wildman–Crippen LogP) is -0.194. The SMILES string of the molecule is CNC(=O)C1COCCN1C(=O)C1(C(N)=S)CCCC1. The molecule has 7 heteroatoms. The van der Waals surface area contributed by atoms with Gasteiger partial charge in [0.25, 0.3) is 0 Å². The molecule has 2 fully saturated rings. The fourth-order valence-electron chi connectivity index (χ4n) is 3.05. The lowest BCUT2D eigenvalue weighted by atomic mass is 9.83. The molecule has 1 aliphatic heterocycles. The summed E-state index contributed by atoms with van der Waals surface area (Å²) in [4.78, 5) is 26.7. The summed E-state index contributed by atoms with van der Waals surface area (Å²) >= 11 is 5.14. The Kier molecular flexibility index (Phi) is 4.59. The molecule has 0 aromatic carbocycles. The Balaban J connectivity index is 2.24. The summed E-state index contributed by atoms with van der Waals surface area (Å²) in [6.45, 7) is 1.06. The van der Waals surface area contributed by atoms with Crippen LogP contribution >= 0.6 is 12.2 Å². The third-order valence-electron chi connectivity index (χ3n) is 4.28. The molecule has 6 nitrogen and oxygen atoms in total. The third-order valence-corrected chi connectivity index (χ3v) is 4.67. The molecule has 0 aromatic rings. The van der Waals surface area contributed by atoms with E-state index in [1.807, 2.05) is 0 Å². The number of nitrogens with two attached hydrogens (primary N) is 1. The number of thiocarbonyl (C=S) groups is 1. The average Bonchev–Trinajstić information content (AvgIpc) is 2.96. The van der Waals surface area contributed by atoms with Gasteiger partial charge >= 0.3 is 0 Å². The predicted molar refractivity (Wildman–Crippen MR) is 78.1 cm³/mol. The van der Waals surface area contributed by atoms with Gasteiger partial charge in [0.2, 0.25) is 11.8 Å². The van der Waals surface area contributed by atoms with Crippen molar-refractivity contribution in [2.24, 2.45) is 11.1 Å². The van der Waals surface area contributed by atoms with E-state index in [2.05, 4.69) is 5.32 Å². The van der Waals surface area contributed by atoms with E-state index in [0.29, 0.717) is 26.0 Å². The summed E-state index contributed by atoms with van der Waals surface area (Å²) in [6.07, 6.45) is 3.24. The maximum atomic E-state index is 12.9. The summed E-state index contributed by atoms with van der Waals surface area (Å²) in [5, 5.41) is 2.57. The van der Waals surface area contributed by atoms with Crippen molar-refractivity contribution in [2.45, 2.75) is 31.7 Å². The Morgan fingerprint density at radius 3 is 2.60 bits per heavy atom. The van der Waals surface area contributed by atoms with Crippen LogP contribution in [-0.4, -0.2) is 54.6 Å². The van der Waals surface area contributed by atoms with Gasteiger partial charge in [-0.15, -0.1) is 0 Å². The zero-order valence-electron chi connectivity index (χ0n) is 11.7. The van der Waals surface area contributed by atoms with Crippen molar-refractivity contribution < 1.29 is 14.3 Å². The molecule has 0 spiro atoms. The number of morpholine rings is 1. The van der Waals surface area contributed by atoms with Gasteiger partial charge in [-0.3, -0.25) is 9.59 Å². The van der Waals surface area contributed by atoms with Gasteiger partial charge < -0.3 is 20.7 Å². The molecule has 1 heterocycles. The van der Waals surface area contributed by atoms with Crippen LogP contribution in [0, 0.1) is 5.41 Å². The van der Waals surface area contributed by atoms with Gasteiger partial charge in [-0.1, -0.05) is 25.1 Å². The first-order valence-corrected chi connectivity index (χ1v) is 7.34. The molecule has 2 amide bonds. The van der Waals surface area contributed by atoms with E-state index in [1.54, 1.807) is 11.9 Å². The molecule has 0 bridgehead atoms. The summed E-state index contributed by atoms with van der Waals surface area (Å²) in [5.74, 6) is -0.325. The van der Waals surface area contributed by atoms with Crippen molar-refractivity contribution in [3.63, 3.8) is 0 Å². The van der Waals surface area contributed by atoms with E-state index >= 15 is 0 Å². The second kappa shape index (κ2) is 6.05. The van der Waals surface area contributed by atoms with Gasteiger partial charge in [0, 0.05) is 13.6 Å². The van der Waals surface area contributed by atoms with E-state index in [-0.39, 0.29) is 23.4 Å². The van der Waals surface area contributed by atoms with E-state index in [0.717, 1.165) is 12.8 Å². The van der Waals surface area contributed by atoms with Crippen LogP contribution in [0.15, 0.2) is 0 Å². The summed E-state index contributed by atoms with van der Waals surface area (Å²) < 4.78 is 5.32. The number of likely N-dealkylation sites (N-methyl/N-ethyl adjacent to an activating group) is 1. The Labute approximate surface area is 124 Å². The minimum absolute atomic E-state index is 0.112. The molecule has 112 valence electrons. The van der Waals surface area contributed by atoms with Crippen LogP contribution < -0.4 is 11.1 Å². The molecule has 0 aromatic heterocycles. The Hall–Kier alpha value is -1.21. The lowest BCUT2D eigenvalue weighted by molar-refractivity contribution is -0.153. The first kappa shape index (κ1) is 15.2. The minimum Gasteiger partial charge on any atom is -0.392 e. The number of nitrogens with one attached hydrogen (secondary N) is 1. The molecule has 3 N–H and O–H groups in total. The second-order valence-electron chi connectivity index (χ2n) is 5.36. The topological polar surface area (TPSA) is 84.7 Å². The smallest absolute Gasteiger partial charge is 0.244 e. The zero-order chi connectivity index (χ0) is 14.8. The number of ether oxygens (including phenoxy) is 1. The fourth-order valence-corrected chi connectivity index (χ4v) is 3.34. The Bertz CT molecular complexity index is 421. The highest BCUT2D eigenvalue weighted by molar-refractivity contribution is 7.80. The summed E-state index contributed by atoms with van der Waals surface area (Å²) in [5.41, 5.74) is 5.08. The van der Waals surface area contributed by atoms with Gasteiger partial charge in [-0.2, -0.15) is 0 Å². The monoisotopic (exact) mass is 299 g/mol. The largest absolute Gasteiger partial charge is 0.392 e. The van der Waals surface area contributed by atoms with Crippen LogP contribution in [-0.2, 0) is 14.3 Å². The van der Waals surface area contributed by atoms with Crippen LogP contribution in [0.25, 0.3) is 0 Å². The number of rotatable bonds is 3. The van der Waals surface area contributed by atoms with Gasteiger partial charge in [0.05, 0.1) is 23.6 Å². The zero-order valence-corrected chi connectivity index (χ0v) is 12.5. The molecule has 2 aliphatic rings. The van der Waals surface area contributed by atoms with Gasteiger partial charge in [-0.25, -0.2) is 0 Å². The standard InChI is InChI=1S/C13H21N3O3S/c1-15-10(17)9-8-19-7-6-16(9)12(18)13(11(14)20)4-2-3-5-13/h9H,2-8H2,1H3,(H2,14,20)(H,15,17). The minimum atomic E-state index is -0.765. The van der Waals surface area contributed by atoms with Crippen LogP contribution in [0.3, 0.4) is 0 Å². The van der Waals surface area contributed by atoms with Crippen molar-refractivity contribution in [1.82, 2.24) is 10.2 Å². The fraction of sp³-hybridized carbons (Fsp3) is 0.769. The average molecular weight is 299 g/mol. The van der Waals surface area contributed by atoms with Crippen molar-refractivity contribution in [3.8, 4) is 0 Å². The highest BCUT2D eigenvalue weighted by Gasteiger charge is 2.48. The van der Waals surface area contributed by atoms with E-state index in [4.69, 9.17) is 22.7 Å². The number of amides is 2. The van der Waals surface area contributed by atoms with Gasteiger partial charge in [0.15, 0.2) is 0 Å².